The number of pyridine rings is 1. The topological polar surface area (TPSA) is 105 Å². The van der Waals surface area contributed by atoms with Crippen LogP contribution in [0, 0.1) is 20.8 Å². The fourth-order valence-electron chi connectivity index (χ4n) is 2.92. The van der Waals surface area contributed by atoms with Crippen LogP contribution in [0.3, 0.4) is 0 Å². The number of hydrogen-bond donors (Lipinski definition) is 3. The van der Waals surface area contributed by atoms with Gasteiger partial charge in [0, 0.05) is 23.6 Å². The third-order valence-electron chi connectivity index (χ3n) is 4.38. The van der Waals surface area contributed by atoms with Gasteiger partial charge in [0.15, 0.2) is 0 Å². The van der Waals surface area contributed by atoms with E-state index in [-0.39, 0.29) is 5.91 Å². The highest BCUT2D eigenvalue weighted by molar-refractivity contribution is 7.12. The minimum absolute atomic E-state index is 0.160. The summed E-state index contributed by atoms with van der Waals surface area (Å²) < 4.78 is 0. The van der Waals surface area contributed by atoms with Crippen molar-refractivity contribution in [1.82, 2.24) is 19.9 Å². The largest absolute Gasteiger partial charge is 0.340 e. The van der Waals surface area contributed by atoms with Crippen LogP contribution in [0.2, 0.25) is 0 Å². The van der Waals surface area contributed by atoms with E-state index in [1.165, 1.54) is 11.3 Å². The van der Waals surface area contributed by atoms with Gasteiger partial charge >= 0.3 is 0 Å². The zero-order valence-corrected chi connectivity index (χ0v) is 18.1. The van der Waals surface area contributed by atoms with Crippen molar-refractivity contribution < 1.29 is 4.79 Å². The van der Waals surface area contributed by atoms with E-state index in [9.17, 15) is 4.79 Å². The van der Waals surface area contributed by atoms with Gasteiger partial charge in [-0.25, -0.2) is 19.9 Å². The van der Waals surface area contributed by atoms with Crippen molar-refractivity contribution in [3.8, 4) is 0 Å². The van der Waals surface area contributed by atoms with Crippen molar-refractivity contribution in [1.29, 1.82) is 0 Å². The second-order valence-corrected chi connectivity index (χ2v) is 7.81. The van der Waals surface area contributed by atoms with Crippen LogP contribution in [-0.4, -0.2) is 25.8 Å². The molecule has 0 atom stereocenters. The summed E-state index contributed by atoms with van der Waals surface area (Å²) in [5.74, 6) is 2.49. The van der Waals surface area contributed by atoms with Crippen molar-refractivity contribution in [2.75, 3.05) is 16.0 Å². The normalized spacial score (nSPS) is 10.5. The smallest absolute Gasteiger partial charge is 0.267 e. The van der Waals surface area contributed by atoms with Gasteiger partial charge in [0.2, 0.25) is 0 Å². The third kappa shape index (κ3) is 5.20. The van der Waals surface area contributed by atoms with Crippen LogP contribution in [-0.2, 0) is 0 Å². The predicted molar refractivity (Wildman–Crippen MR) is 124 cm³/mol. The first kappa shape index (κ1) is 20.4. The van der Waals surface area contributed by atoms with Crippen molar-refractivity contribution in [3.05, 3.63) is 76.1 Å². The van der Waals surface area contributed by atoms with E-state index in [1.54, 1.807) is 11.7 Å². The number of nitrogens with zero attached hydrogens (tertiary/aromatic N) is 4. The number of nitrogens with one attached hydrogen (secondary N) is 3. The van der Waals surface area contributed by atoms with Gasteiger partial charge in [0.25, 0.3) is 5.91 Å². The molecule has 0 aliphatic carbocycles. The maximum atomic E-state index is 12.3. The summed E-state index contributed by atoms with van der Waals surface area (Å²) in [5.41, 5.74) is 5.04. The quantitative estimate of drug-likeness (QED) is 0.395. The van der Waals surface area contributed by atoms with Gasteiger partial charge in [-0.05, 0) is 62.7 Å². The van der Waals surface area contributed by atoms with E-state index < -0.39 is 0 Å². The van der Waals surface area contributed by atoms with Gasteiger partial charge in [-0.15, -0.1) is 11.3 Å². The highest BCUT2D eigenvalue weighted by Crippen LogP contribution is 2.22. The first-order valence-electron chi connectivity index (χ1n) is 9.60. The van der Waals surface area contributed by atoms with E-state index in [1.807, 2.05) is 63.2 Å². The lowest BCUT2D eigenvalue weighted by atomic mass is 10.2. The molecule has 3 heterocycles. The number of hydrogen-bond acceptors (Lipinski definition) is 8. The van der Waals surface area contributed by atoms with Gasteiger partial charge < -0.3 is 16.0 Å². The van der Waals surface area contributed by atoms with Crippen LogP contribution in [0.1, 0.15) is 26.8 Å². The average Bonchev–Trinajstić information content (AvgIpc) is 3.15. The number of thiazole rings is 1. The Bertz CT molecular complexity index is 1220. The van der Waals surface area contributed by atoms with E-state index in [4.69, 9.17) is 0 Å². The predicted octanol–water partition coefficient (Wildman–Crippen LogP) is 4.99. The number of carbonyl (C=O) groups is 1. The van der Waals surface area contributed by atoms with E-state index in [0.717, 1.165) is 22.8 Å². The van der Waals surface area contributed by atoms with Gasteiger partial charge in [0.1, 0.15) is 28.2 Å². The zero-order valence-electron chi connectivity index (χ0n) is 17.3. The fraction of sp³-hybridized carbons (Fsp3) is 0.136. The highest BCUT2D eigenvalue weighted by atomic mass is 32.1. The van der Waals surface area contributed by atoms with Gasteiger partial charge in [-0.2, -0.15) is 0 Å². The zero-order chi connectivity index (χ0) is 21.8. The Morgan fingerprint density at radius 1 is 0.839 bits per heavy atom. The van der Waals surface area contributed by atoms with Gasteiger partial charge in [-0.3, -0.25) is 4.79 Å². The summed E-state index contributed by atoms with van der Waals surface area (Å²) in [6, 6.07) is 13.1. The number of rotatable bonds is 6. The first-order chi connectivity index (χ1) is 15.0. The summed E-state index contributed by atoms with van der Waals surface area (Å²) in [7, 11) is 0. The number of carbonyl (C=O) groups excluding carboxylic acids is 1. The van der Waals surface area contributed by atoms with Crippen molar-refractivity contribution in [2.24, 2.45) is 0 Å². The fourth-order valence-corrected chi connectivity index (χ4v) is 3.62. The second kappa shape index (κ2) is 8.88. The lowest BCUT2D eigenvalue weighted by Crippen LogP contribution is -2.11. The molecule has 0 fully saturated rings. The Labute approximate surface area is 183 Å². The second-order valence-electron chi connectivity index (χ2n) is 6.95. The number of aromatic nitrogens is 4. The molecule has 0 spiro atoms. The van der Waals surface area contributed by atoms with Crippen LogP contribution in [0.4, 0.5) is 28.8 Å². The molecule has 3 N–H and O–H groups in total. The van der Waals surface area contributed by atoms with Crippen molar-refractivity contribution >= 4 is 46.1 Å². The van der Waals surface area contributed by atoms with Gasteiger partial charge in [-0.1, -0.05) is 0 Å². The Hall–Kier alpha value is -3.85. The lowest BCUT2D eigenvalue weighted by molar-refractivity contribution is 0.103. The Kier molecular flexibility index (Phi) is 5.85. The molecule has 4 rings (SSSR count). The Balaban J connectivity index is 1.44. The third-order valence-corrected chi connectivity index (χ3v) is 5.30. The molecule has 3 aromatic heterocycles. The maximum Gasteiger partial charge on any atom is 0.267 e. The molecule has 156 valence electrons. The highest BCUT2D eigenvalue weighted by Gasteiger charge is 2.12. The van der Waals surface area contributed by atoms with E-state index in [0.29, 0.717) is 28.0 Å². The first-order valence-corrected chi connectivity index (χ1v) is 10.5. The maximum absolute atomic E-state index is 12.3. The van der Waals surface area contributed by atoms with Crippen molar-refractivity contribution in [3.63, 3.8) is 0 Å². The SMILES string of the molecule is Cc1ccnc(Nc2cc(Nc3ccc(NC(=O)c4scnc4C)cc3)nc(C)n2)c1. The van der Waals surface area contributed by atoms with Gasteiger partial charge in [0.05, 0.1) is 11.2 Å². The number of benzene rings is 1. The standard InChI is InChI=1S/C22H21N7OS/c1-13-8-9-23-18(10-13)29-20-11-19(25-15(3)26-20)27-16-4-6-17(7-5-16)28-22(30)21-14(2)24-12-31-21/h4-12H,1-3H3,(H,28,30)(H2,23,25,26,27,29). The molecule has 9 heteroatoms. The average molecular weight is 432 g/mol. The molecule has 1 aromatic carbocycles. The van der Waals surface area contributed by atoms with E-state index in [2.05, 4.69) is 35.9 Å². The summed E-state index contributed by atoms with van der Waals surface area (Å²) in [6.07, 6.45) is 1.75. The molecule has 0 radical (unpaired) electrons. The molecule has 4 aromatic rings. The summed E-state index contributed by atoms with van der Waals surface area (Å²) in [5, 5.41) is 9.36. The molecule has 31 heavy (non-hydrogen) atoms. The van der Waals surface area contributed by atoms with Crippen LogP contribution in [0.25, 0.3) is 0 Å². The molecule has 0 saturated carbocycles. The molecule has 0 bridgehead atoms. The number of anilines is 5. The Morgan fingerprint density at radius 2 is 1.55 bits per heavy atom. The molecular formula is C22H21N7OS. The summed E-state index contributed by atoms with van der Waals surface area (Å²) in [4.78, 5) is 30.2. The molecule has 8 nitrogen and oxygen atoms in total. The monoisotopic (exact) mass is 431 g/mol. The molecule has 0 aliphatic heterocycles. The van der Waals surface area contributed by atoms with Crippen LogP contribution < -0.4 is 16.0 Å². The van der Waals surface area contributed by atoms with Crippen LogP contribution in [0.5, 0.6) is 0 Å². The molecule has 0 saturated heterocycles. The van der Waals surface area contributed by atoms with Crippen LogP contribution in [0.15, 0.2) is 54.2 Å². The molecular weight excluding hydrogens is 410 g/mol. The Morgan fingerprint density at radius 3 is 2.23 bits per heavy atom. The number of aryl methyl sites for hydroxylation is 3. The number of amides is 1. The molecule has 1 amide bonds. The van der Waals surface area contributed by atoms with Crippen molar-refractivity contribution in [2.45, 2.75) is 20.8 Å². The summed E-state index contributed by atoms with van der Waals surface area (Å²) >= 11 is 1.33. The molecule has 0 aliphatic rings. The van der Waals surface area contributed by atoms with E-state index >= 15 is 0 Å². The lowest BCUT2D eigenvalue weighted by Gasteiger charge is -2.11. The summed E-state index contributed by atoms with van der Waals surface area (Å²) in [6.45, 7) is 5.66. The molecule has 0 unspecified atom stereocenters. The minimum atomic E-state index is -0.160. The van der Waals surface area contributed by atoms with Crippen LogP contribution >= 0.6 is 11.3 Å². The minimum Gasteiger partial charge on any atom is -0.340 e.